The highest BCUT2D eigenvalue weighted by atomic mass is 16.5. The number of benzene rings is 1. The summed E-state index contributed by atoms with van der Waals surface area (Å²) in [6, 6.07) is 10.7. The van der Waals surface area contributed by atoms with Crippen molar-refractivity contribution in [2.24, 2.45) is 11.8 Å². The van der Waals surface area contributed by atoms with E-state index in [9.17, 15) is 0 Å². The summed E-state index contributed by atoms with van der Waals surface area (Å²) >= 11 is 0. The van der Waals surface area contributed by atoms with Crippen LogP contribution in [0.5, 0.6) is 0 Å². The molecule has 0 spiro atoms. The van der Waals surface area contributed by atoms with Crippen LogP contribution in [0.15, 0.2) is 43.0 Å². The molecule has 0 aromatic heterocycles. The lowest BCUT2D eigenvalue weighted by atomic mass is 9.78. The van der Waals surface area contributed by atoms with Gasteiger partial charge < -0.3 is 4.74 Å². The van der Waals surface area contributed by atoms with Crippen molar-refractivity contribution in [3.8, 4) is 0 Å². The largest absolute Gasteiger partial charge is 0.371 e. The molecule has 0 unspecified atom stereocenters. The van der Waals surface area contributed by atoms with Crippen molar-refractivity contribution in [1.29, 1.82) is 0 Å². The second-order valence-corrected chi connectivity index (χ2v) is 5.74. The molecule has 0 aliphatic heterocycles. The molecule has 100 valence electrons. The molecule has 0 saturated heterocycles. The molecule has 1 aromatic carbocycles. The Balaban J connectivity index is 2.79. The fourth-order valence-electron chi connectivity index (χ4n) is 2.53. The van der Waals surface area contributed by atoms with E-state index in [1.165, 1.54) is 5.56 Å². The van der Waals surface area contributed by atoms with E-state index in [0.29, 0.717) is 18.4 Å². The maximum atomic E-state index is 5.96. The Morgan fingerprint density at radius 2 is 1.83 bits per heavy atom. The average molecular weight is 246 g/mol. The Morgan fingerprint density at radius 3 is 2.33 bits per heavy atom. The Labute approximate surface area is 112 Å². The minimum atomic E-state index is -0.127. The van der Waals surface area contributed by atoms with E-state index in [1.807, 2.05) is 6.08 Å². The third kappa shape index (κ3) is 4.30. The molecule has 0 heterocycles. The predicted molar refractivity (Wildman–Crippen MR) is 78.7 cm³/mol. The van der Waals surface area contributed by atoms with E-state index >= 15 is 0 Å². The zero-order chi connectivity index (χ0) is 13.6. The van der Waals surface area contributed by atoms with Crippen molar-refractivity contribution < 1.29 is 4.74 Å². The molecule has 1 atom stereocenters. The van der Waals surface area contributed by atoms with Gasteiger partial charge >= 0.3 is 0 Å². The summed E-state index contributed by atoms with van der Waals surface area (Å²) in [5, 5.41) is 0. The van der Waals surface area contributed by atoms with Gasteiger partial charge in [-0.2, -0.15) is 0 Å². The van der Waals surface area contributed by atoms with E-state index in [0.717, 1.165) is 6.42 Å². The van der Waals surface area contributed by atoms with Crippen LogP contribution in [0.4, 0.5) is 0 Å². The molecule has 1 nitrogen and oxygen atoms in total. The Hall–Kier alpha value is -1.08. The molecule has 0 bridgehead atoms. The lowest BCUT2D eigenvalue weighted by Crippen LogP contribution is -2.39. The zero-order valence-electron chi connectivity index (χ0n) is 12.1. The van der Waals surface area contributed by atoms with Gasteiger partial charge in [-0.1, -0.05) is 50.3 Å². The van der Waals surface area contributed by atoms with Crippen LogP contribution in [-0.4, -0.2) is 12.2 Å². The van der Waals surface area contributed by atoms with Gasteiger partial charge in [0.05, 0.1) is 12.2 Å². The predicted octanol–water partition coefficient (Wildman–Crippen LogP) is 4.48. The molecule has 0 aliphatic carbocycles. The van der Waals surface area contributed by atoms with E-state index in [1.54, 1.807) is 0 Å². The summed E-state index contributed by atoms with van der Waals surface area (Å²) in [7, 11) is 0. The maximum absolute atomic E-state index is 5.96. The topological polar surface area (TPSA) is 9.23 Å². The Kier molecular flexibility index (Phi) is 5.61. The molecule has 1 heteroatoms. The fourth-order valence-corrected chi connectivity index (χ4v) is 2.53. The van der Waals surface area contributed by atoms with Gasteiger partial charge in [0.15, 0.2) is 0 Å². The van der Waals surface area contributed by atoms with Crippen LogP contribution >= 0.6 is 0 Å². The highest BCUT2D eigenvalue weighted by Crippen LogP contribution is 2.31. The van der Waals surface area contributed by atoms with Gasteiger partial charge in [-0.3, -0.25) is 0 Å². The van der Waals surface area contributed by atoms with Crippen LogP contribution in [-0.2, 0) is 11.2 Å². The van der Waals surface area contributed by atoms with E-state index in [-0.39, 0.29) is 5.60 Å². The van der Waals surface area contributed by atoms with Crippen LogP contribution in [0, 0.1) is 11.8 Å². The van der Waals surface area contributed by atoms with Gasteiger partial charge in [0.1, 0.15) is 0 Å². The van der Waals surface area contributed by atoms with Gasteiger partial charge in [-0.25, -0.2) is 0 Å². The van der Waals surface area contributed by atoms with Crippen LogP contribution in [0.1, 0.15) is 33.3 Å². The molecule has 0 aliphatic rings. The minimum Gasteiger partial charge on any atom is -0.371 e. The maximum Gasteiger partial charge on any atom is 0.0664 e. The summed E-state index contributed by atoms with van der Waals surface area (Å²) in [6.07, 6.45) is 2.88. The first kappa shape index (κ1) is 15.0. The number of hydrogen-bond acceptors (Lipinski definition) is 1. The number of hydrogen-bond donors (Lipinski definition) is 0. The zero-order valence-corrected chi connectivity index (χ0v) is 12.1. The van der Waals surface area contributed by atoms with E-state index < -0.39 is 0 Å². The summed E-state index contributed by atoms with van der Waals surface area (Å²) in [4.78, 5) is 0. The highest BCUT2D eigenvalue weighted by Gasteiger charge is 2.32. The van der Waals surface area contributed by atoms with E-state index in [2.05, 4.69) is 64.6 Å². The standard InChI is InChI=1S/C17H26O/c1-6-12-18-17(4,5)16(14(2)3)13-15-10-8-7-9-11-15/h6-11,14,16H,1,12-13H2,2-5H3/t16-/m0/s1. The van der Waals surface area contributed by atoms with E-state index in [4.69, 9.17) is 4.74 Å². The summed E-state index contributed by atoms with van der Waals surface area (Å²) in [5.74, 6) is 1.09. The third-order valence-corrected chi connectivity index (χ3v) is 3.57. The molecule has 1 rings (SSSR count). The molecule has 0 N–H and O–H groups in total. The second-order valence-electron chi connectivity index (χ2n) is 5.74. The molecule has 0 radical (unpaired) electrons. The SMILES string of the molecule is C=CCOC(C)(C)[C@@H](Cc1ccccc1)C(C)C. The molecule has 18 heavy (non-hydrogen) atoms. The summed E-state index contributed by atoms with van der Waals surface area (Å²) < 4.78 is 5.96. The van der Waals surface area contributed by atoms with Crippen LogP contribution in [0.2, 0.25) is 0 Å². The highest BCUT2D eigenvalue weighted by molar-refractivity contribution is 5.16. The first-order valence-corrected chi connectivity index (χ1v) is 6.76. The van der Waals surface area contributed by atoms with Crippen molar-refractivity contribution in [3.05, 3.63) is 48.6 Å². The molecule has 0 saturated carbocycles. The van der Waals surface area contributed by atoms with Crippen molar-refractivity contribution in [3.63, 3.8) is 0 Å². The Bertz CT molecular complexity index is 351. The first-order chi connectivity index (χ1) is 8.47. The molecular weight excluding hydrogens is 220 g/mol. The lowest BCUT2D eigenvalue weighted by molar-refractivity contribution is -0.0611. The van der Waals surface area contributed by atoms with Crippen molar-refractivity contribution >= 4 is 0 Å². The average Bonchev–Trinajstić information content (AvgIpc) is 2.34. The first-order valence-electron chi connectivity index (χ1n) is 6.76. The van der Waals surface area contributed by atoms with Gasteiger partial charge in [-0.05, 0) is 37.7 Å². The monoisotopic (exact) mass is 246 g/mol. The second kappa shape index (κ2) is 6.75. The summed E-state index contributed by atoms with van der Waals surface area (Å²) in [5.41, 5.74) is 1.25. The van der Waals surface area contributed by atoms with Gasteiger partial charge in [0.25, 0.3) is 0 Å². The quantitative estimate of drug-likeness (QED) is 0.644. The fraction of sp³-hybridized carbons (Fsp3) is 0.529. The molecule has 0 fully saturated rings. The van der Waals surface area contributed by atoms with Crippen LogP contribution in [0.25, 0.3) is 0 Å². The van der Waals surface area contributed by atoms with Gasteiger partial charge in [-0.15, -0.1) is 6.58 Å². The third-order valence-electron chi connectivity index (χ3n) is 3.57. The van der Waals surface area contributed by atoms with Crippen molar-refractivity contribution in [2.45, 2.75) is 39.7 Å². The van der Waals surface area contributed by atoms with Crippen molar-refractivity contribution in [1.82, 2.24) is 0 Å². The van der Waals surface area contributed by atoms with Crippen LogP contribution in [0.3, 0.4) is 0 Å². The minimum absolute atomic E-state index is 0.127. The number of ether oxygens (including phenoxy) is 1. The molecule has 0 amide bonds. The van der Waals surface area contributed by atoms with Crippen LogP contribution < -0.4 is 0 Å². The smallest absolute Gasteiger partial charge is 0.0664 e. The molecule has 1 aromatic rings. The van der Waals surface area contributed by atoms with Gasteiger partial charge in [0, 0.05) is 0 Å². The summed E-state index contributed by atoms with van der Waals surface area (Å²) in [6.45, 7) is 13.3. The van der Waals surface area contributed by atoms with Gasteiger partial charge in [0.2, 0.25) is 0 Å². The van der Waals surface area contributed by atoms with Crippen molar-refractivity contribution in [2.75, 3.05) is 6.61 Å². The normalized spacial score (nSPS) is 13.6. The lowest BCUT2D eigenvalue weighted by Gasteiger charge is -2.37. The molecular formula is C17H26O. The Morgan fingerprint density at radius 1 is 1.22 bits per heavy atom. The number of rotatable bonds is 7.